The third-order valence-corrected chi connectivity index (χ3v) is 6.34. The van der Waals surface area contributed by atoms with E-state index in [1.807, 2.05) is 6.92 Å². The van der Waals surface area contributed by atoms with E-state index in [2.05, 4.69) is 34.3 Å². The number of Topliss-reactive ketones (excluding diaryl/α,β-unsaturated/α-hetero) is 1. The number of carbonyl (C=O) groups excluding carboxylic acids is 1. The van der Waals surface area contributed by atoms with Crippen LogP contribution >= 0.6 is 0 Å². The van der Waals surface area contributed by atoms with E-state index in [1.54, 1.807) is 6.08 Å². The van der Waals surface area contributed by atoms with Gasteiger partial charge in [0, 0.05) is 12.0 Å². The Morgan fingerprint density at radius 2 is 2.05 bits per heavy atom. The molecule has 0 saturated heterocycles. The predicted molar refractivity (Wildman–Crippen MR) is 91.6 cm³/mol. The van der Waals surface area contributed by atoms with Crippen LogP contribution in [-0.2, 0) is 4.79 Å². The van der Waals surface area contributed by atoms with Gasteiger partial charge < -0.3 is 5.11 Å². The minimum atomic E-state index is -0.824. The fourth-order valence-corrected chi connectivity index (χ4v) is 4.40. The summed E-state index contributed by atoms with van der Waals surface area (Å²) in [4.78, 5) is 12.7. The molecule has 22 heavy (non-hydrogen) atoms. The van der Waals surface area contributed by atoms with E-state index < -0.39 is 5.60 Å². The first-order chi connectivity index (χ1) is 10.0. The number of hydrogen-bond acceptors (Lipinski definition) is 2. The summed E-state index contributed by atoms with van der Waals surface area (Å²) < 4.78 is 0. The smallest absolute Gasteiger partial charge is 0.159 e. The molecule has 0 saturated carbocycles. The van der Waals surface area contributed by atoms with E-state index in [4.69, 9.17) is 0 Å². The van der Waals surface area contributed by atoms with Crippen LogP contribution < -0.4 is 0 Å². The molecule has 0 aromatic heterocycles. The van der Waals surface area contributed by atoms with Crippen LogP contribution in [0.15, 0.2) is 23.8 Å². The second kappa shape index (κ2) is 5.63. The first kappa shape index (κ1) is 17.5. The van der Waals surface area contributed by atoms with Crippen LogP contribution in [0.2, 0.25) is 0 Å². The molecule has 0 aliphatic heterocycles. The highest BCUT2D eigenvalue weighted by molar-refractivity contribution is 5.99. The highest BCUT2D eigenvalue weighted by Gasteiger charge is 2.48. The number of aliphatic hydroxyl groups is 1. The summed E-state index contributed by atoms with van der Waals surface area (Å²) in [5.74, 6) is 0.702. The summed E-state index contributed by atoms with van der Waals surface area (Å²) in [5.41, 5.74) is 1.70. The van der Waals surface area contributed by atoms with E-state index in [-0.39, 0.29) is 10.8 Å². The van der Waals surface area contributed by atoms with Gasteiger partial charge >= 0.3 is 0 Å². The molecule has 2 rings (SSSR count). The van der Waals surface area contributed by atoms with Gasteiger partial charge in [-0.1, -0.05) is 39.3 Å². The number of carbonyl (C=O) groups is 1. The molecule has 2 heteroatoms. The molecule has 0 heterocycles. The molecule has 2 aliphatic carbocycles. The normalized spacial score (nSPS) is 34.1. The molecule has 3 atom stereocenters. The maximum absolute atomic E-state index is 12.7. The van der Waals surface area contributed by atoms with Crippen molar-refractivity contribution in [3.8, 4) is 0 Å². The third kappa shape index (κ3) is 2.95. The lowest BCUT2D eigenvalue weighted by molar-refractivity contribution is -0.119. The standard InChI is InChI=1S/C20H32O2/c1-7-19(5,22)11-12-20(6)14(2)13-16(21)17-15(20)9-8-10-18(17,3)4/h7,14,22H,1,8-13H2,2-6H3/t14-,19+,20-/m1/s1. The molecular formula is C20H32O2. The van der Waals surface area contributed by atoms with Gasteiger partial charge in [0.1, 0.15) is 0 Å². The molecule has 0 unspecified atom stereocenters. The lowest BCUT2D eigenvalue weighted by atomic mass is 9.55. The topological polar surface area (TPSA) is 37.3 Å². The predicted octanol–water partition coefficient (Wildman–Crippen LogP) is 4.83. The molecule has 0 bridgehead atoms. The van der Waals surface area contributed by atoms with Crippen molar-refractivity contribution in [1.82, 2.24) is 0 Å². The van der Waals surface area contributed by atoms with E-state index in [9.17, 15) is 9.90 Å². The quantitative estimate of drug-likeness (QED) is 0.756. The maximum atomic E-state index is 12.7. The number of rotatable bonds is 4. The van der Waals surface area contributed by atoms with Crippen LogP contribution in [-0.4, -0.2) is 16.5 Å². The summed E-state index contributed by atoms with van der Waals surface area (Å²) in [5, 5.41) is 10.3. The molecular weight excluding hydrogens is 272 g/mol. The Bertz CT molecular complexity index is 510. The van der Waals surface area contributed by atoms with Gasteiger partial charge in [-0.15, -0.1) is 6.58 Å². The van der Waals surface area contributed by atoms with Crippen LogP contribution in [0.1, 0.15) is 73.1 Å². The Hall–Kier alpha value is -0.890. The van der Waals surface area contributed by atoms with Crippen molar-refractivity contribution in [3.05, 3.63) is 23.8 Å². The Kier molecular flexibility index (Phi) is 4.47. The summed E-state index contributed by atoms with van der Waals surface area (Å²) in [6.45, 7) is 14.5. The van der Waals surface area contributed by atoms with E-state index in [1.165, 1.54) is 12.0 Å². The van der Waals surface area contributed by atoms with Gasteiger partial charge in [0.15, 0.2) is 5.78 Å². The molecule has 124 valence electrons. The van der Waals surface area contributed by atoms with Crippen molar-refractivity contribution in [3.63, 3.8) is 0 Å². The zero-order valence-electron chi connectivity index (χ0n) is 15.0. The summed E-state index contributed by atoms with van der Waals surface area (Å²) in [6.07, 6.45) is 7.20. The van der Waals surface area contributed by atoms with Crippen LogP contribution in [0.5, 0.6) is 0 Å². The highest BCUT2D eigenvalue weighted by Crippen LogP contribution is 2.55. The molecule has 0 fully saturated rings. The second-order valence-electron chi connectivity index (χ2n) is 8.60. The van der Waals surface area contributed by atoms with Crippen molar-refractivity contribution in [1.29, 1.82) is 0 Å². The average molecular weight is 304 g/mol. The van der Waals surface area contributed by atoms with Gasteiger partial charge in [0.2, 0.25) is 0 Å². The van der Waals surface area contributed by atoms with E-state index >= 15 is 0 Å². The molecule has 0 aromatic rings. The Morgan fingerprint density at radius 1 is 1.41 bits per heavy atom. The third-order valence-electron chi connectivity index (χ3n) is 6.34. The molecule has 0 radical (unpaired) electrons. The van der Waals surface area contributed by atoms with Crippen molar-refractivity contribution in [2.24, 2.45) is 16.7 Å². The Morgan fingerprint density at radius 3 is 2.64 bits per heavy atom. The number of ketones is 1. The van der Waals surface area contributed by atoms with Crippen molar-refractivity contribution >= 4 is 5.78 Å². The van der Waals surface area contributed by atoms with Crippen molar-refractivity contribution in [2.45, 2.75) is 78.7 Å². The summed E-state index contributed by atoms with van der Waals surface area (Å²) in [6, 6.07) is 0. The van der Waals surface area contributed by atoms with Crippen LogP contribution in [0, 0.1) is 16.7 Å². The molecule has 2 nitrogen and oxygen atoms in total. The molecule has 0 amide bonds. The van der Waals surface area contributed by atoms with Crippen molar-refractivity contribution in [2.75, 3.05) is 0 Å². The lowest BCUT2D eigenvalue weighted by Gasteiger charge is -2.49. The van der Waals surface area contributed by atoms with Gasteiger partial charge in [-0.3, -0.25) is 4.79 Å². The summed E-state index contributed by atoms with van der Waals surface area (Å²) in [7, 11) is 0. The summed E-state index contributed by atoms with van der Waals surface area (Å²) >= 11 is 0. The lowest BCUT2D eigenvalue weighted by Crippen LogP contribution is -2.42. The highest BCUT2D eigenvalue weighted by atomic mass is 16.3. The van der Waals surface area contributed by atoms with Crippen LogP contribution in [0.4, 0.5) is 0 Å². The second-order valence-corrected chi connectivity index (χ2v) is 8.60. The van der Waals surface area contributed by atoms with E-state index in [0.717, 1.165) is 24.8 Å². The maximum Gasteiger partial charge on any atom is 0.159 e. The minimum Gasteiger partial charge on any atom is -0.386 e. The Labute approximate surface area is 135 Å². The Balaban J connectivity index is 2.42. The zero-order valence-corrected chi connectivity index (χ0v) is 15.0. The van der Waals surface area contributed by atoms with Gasteiger partial charge in [0.05, 0.1) is 5.60 Å². The minimum absolute atomic E-state index is 0.00697. The monoisotopic (exact) mass is 304 g/mol. The SMILES string of the molecule is C=C[C@](C)(O)CC[C@@]1(C)C2=C(C(=O)C[C@H]1C)C(C)(C)CCC2. The number of allylic oxidation sites excluding steroid dienone is 2. The average Bonchev–Trinajstić information content (AvgIpc) is 2.42. The first-order valence-corrected chi connectivity index (χ1v) is 8.67. The van der Waals surface area contributed by atoms with Crippen LogP contribution in [0.3, 0.4) is 0 Å². The number of hydrogen-bond donors (Lipinski definition) is 1. The van der Waals surface area contributed by atoms with E-state index in [0.29, 0.717) is 24.5 Å². The fraction of sp³-hybridized carbons (Fsp3) is 0.750. The van der Waals surface area contributed by atoms with Crippen LogP contribution in [0.25, 0.3) is 0 Å². The molecule has 1 N–H and O–H groups in total. The van der Waals surface area contributed by atoms with Crippen molar-refractivity contribution < 1.29 is 9.90 Å². The van der Waals surface area contributed by atoms with Gasteiger partial charge in [-0.25, -0.2) is 0 Å². The molecule has 2 aliphatic rings. The van der Waals surface area contributed by atoms with Gasteiger partial charge in [-0.2, -0.15) is 0 Å². The molecule has 0 spiro atoms. The molecule has 0 aromatic carbocycles. The zero-order chi connectivity index (χ0) is 16.8. The first-order valence-electron chi connectivity index (χ1n) is 8.67. The van der Waals surface area contributed by atoms with Gasteiger partial charge in [-0.05, 0) is 55.8 Å². The van der Waals surface area contributed by atoms with Gasteiger partial charge in [0.25, 0.3) is 0 Å². The fourth-order valence-electron chi connectivity index (χ4n) is 4.40. The largest absolute Gasteiger partial charge is 0.386 e.